The first kappa shape index (κ1) is 17.7. The molecule has 0 saturated heterocycles. The molecule has 3 aromatic rings. The second kappa shape index (κ2) is 7.52. The first-order chi connectivity index (χ1) is 13.1. The zero-order chi connectivity index (χ0) is 18.8. The highest BCUT2D eigenvalue weighted by atomic mass is 32.1. The van der Waals surface area contributed by atoms with Crippen LogP contribution in [0.4, 0.5) is 5.69 Å². The van der Waals surface area contributed by atoms with Gasteiger partial charge in [-0.2, -0.15) is 0 Å². The van der Waals surface area contributed by atoms with Gasteiger partial charge in [0.1, 0.15) is 16.4 Å². The Kier molecular flexibility index (Phi) is 4.94. The van der Waals surface area contributed by atoms with E-state index in [2.05, 4.69) is 15.3 Å². The number of carbonyl (C=O) groups is 1. The highest BCUT2D eigenvalue weighted by Crippen LogP contribution is 2.33. The summed E-state index contributed by atoms with van der Waals surface area (Å²) in [5.74, 6) is 1.12. The lowest BCUT2D eigenvalue weighted by atomic mass is 9.97. The predicted octanol–water partition coefficient (Wildman–Crippen LogP) is 3.44. The van der Waals surface area contributed by atoms with Crippen molar-refractivity contribution in [2.24, 2.45) is 0 Å². The summed E-state index contributed by atoms with van der Waals surface area (Å²) in [6.07, 6.45) is 4.94. The van der Waals surface area contributed by atoms with E-state index in [0.717, 1.165) is 29.5 Å². The predicted molar refractivity (Wildman–Crippen MR) is 107 cm³/mol. The fraction of sp³-hybridized carbons (Fsp3) is 0.350. The van der Waals surface area contributed by atoms with Crippen LogP contribution in [0.1, 0.15) is 35.5 Å². The van der Waals surface area contributed by atoms with Crippen LogP contribution in [0, 0.1) is 0 Å². The summed E-state index contributed by atoms with van der Waals surface area (Å²) >= 11 is 1.62. The Bertz CT molecular complexity index is 1050. The molecule has 1 aliphatic carbocycles. The molecule has 2 heterocycles. The van der Waals surface area contributed by atoms with Gasteiger partial charge in [-0.3, -0.25) is 9.59 Å². The molecule has 0 atom stereocenters. The van der Waals surface area contributed by atoms with E-state index in [1.807, 2.05) is 18.2 Å². The summed E-state index contributed by atoms with van der Waals surface area (Å²) in [6.45, 7) is 0. The van der Waals surface area contributed by atoms with Crippen molar-refractivity contribution in [1.29, 1.82) is 0 Å². The Balaban J connectivity index is 1.47. The van der Waals surface area contributed by atoms with Gasteiger partial charge in [-0.15, -0.1) is 11.3 Å². The van der Waals surface area contributed by atoms with Crippen LogP contribution in [0.15, 0.2) is 29.1 Å². The zero-order valence-electron chi connectivity index (χ0n) is 15.1. The van der Waals surface area contributed by atoms with Crippen LogP contribution in [0.5, 0.6) is 5.75 Å². The third-order valence-corrected chi connectivity index (χ3v) is 6.00. The molecule has 1 amide bonds. The molecule has 1 aliphatic rings. The number of methoxy groups -OCH3 is 1. The lowest BCUT2D eigenvalue weighted by molar-refractivity contribution is -0.116. The minimum absolute atomic E-state index is 0.0809. The first-order valence-corrected chi connectivity index (χ1v) is 9.93. The summed E-state index contributed by atoms with van der Waals surface area (Å²) in [6, 6.07) is 7.21. The molecule has 2 aromatic heterocycles. The monoisotopic (exact) mass is 383 g/mol. The number of nitrogens with one attached hydrogen (secondary N) is 2. The van der Waals surface area contributed by atoms with Crippen molar-refractivity contribution in [1.82, 2.24) is 9.97 Å². The number of aromatic nitrogens is 2. The number of benzene rings is 1. The molecule has 2 N–H and O–H groups in total. The highest BCUT2D eigenvalue weighted by Gasteiger charge is 2.19. The summed E-state index contributed by atoms with van der Waals surface area (Å²) in [4.78, 5) is 34.3. The van der Waals surface area contributed by atoms with Gasteiger partial charge in [-0.05, 0) is 43.4 Å². The number of H-pyrrole nitrogens is 1. The van der Waals surface area contributed by atoms with Crippen LogP contribution in [-0.2, 0) is 24.1 Å². The summed E-state index contributed by atoms with van der Waals surface area (Å²) in [5, 5.41) is 3.59. The Morgan fingerprint density at radius 2 is 2.19 bits per heavy atom. The fourth-order valence-corrected chi connectivity index (χ4v) is 4.76. The van der Waals surface area contributed by atoms with Crippen molar-refractivity contribution in [3.05, 3.63) is 50.9 Å². The van der Waals surface area contributed by atoms with Gasteiger partial charge in [0.05, 0.1) is 12.5 Å². The molecule has 1 aromatic carbocycles. The molecular formula is C20H21N3O3S. The number of ether oxygens (including phenoxy) is 1. The molecule has 0 saturated carbocycles. The largest absolute Gasteiger partial charge is 0.497 e. The normalized spacial score (nSPS) is 13.4. The number of aromatic amines is 1. The molecule has 0 fully saturated rings. The molecule has 6 nitrogen and oxygen atoms in total. The van der Waals surface area contributed by atoms with Gasteiger partial charge < -0.3 is 15.0 Å². The van der Waals surface area contributed by atoms with Crippen LogP contribution < -0.4 is 15.6 Å². The maximum absolute atomic E-state index is 12.5. The van der Waals surface area contributed by atoms with Crippen molar-refractivity contribution in [2.45, 2.75) is 38.5 Å². The third-order valence-electron chi connectivity index (χ3n) is 4.82. The van der Waals surface area contributed by atoms with Gasteiger partial charge in [-0.25, -0.2) is 4.98 Å². The average molecular weight is 383 g/mol. The second-order valence-corrected chi connectivity index (χ2v) is 7.77. The van der Waals surface area contributed by atoms with Gasteiger partial charge in [0.15, 0.2) is 0 Å². The molecule has 0 aliphatic heterocycles. The van der Waals surface area contributed by atoms with E-state index in [1.54, 1.807) is 24.5 Å². The molecule has 7 heteroatoms. The van der Waals surface area contributed by atoms with Crippen LogP contribution in [-0.4, -0.2) is 23.0 Å². The number of anilines is 1. The lowest BCUT2D eigenvalue weighted by Gasteiger charge is -2.09. The van der Waals surface area contributed by atoms with Crippen LogP contribution in [0.3, 0.4) is 0 Å². The Hall–Kier alpha value is -2.67. The van der Waals surface area contributed by atoms with E-state index in [0.29, 0.717) is 23.7 Å². The number of amides is 1. The van der Waals surface area contributed by atoms with Crippen LogP contribution >= 0.6 is 11.3 Å². The SMILES string of the molecule is COc1cccc(NC(=O)CCc2nc3sc4c(c3c(=O)[nH]2)CCCC4)c1. The summed E-state index contributed by atoms with van der Waals surface area (Å²) < 4.78 is 5.15. The van der Waals surface area contributed by atoms with Crippen molar-refractivity contribution < 1.29 is 9.53 Å². The number of hydrogen-bond donors (Lipinski definition) is 2. The fourth-order valence-electron chi connectivity index (χ4n) is 3.48. The number of carbonyl (C=O) groups excluding carboxylic acids is 1. The van der Waals surface area contributed by atoms with Crippen molar-refractivity contribution in [3.8, 4) is 5.75 Å². The quantitative estimate of drug-likeness (QED) is 0.707. The number of fused-ring (bicyclic) bond motifs is 3. The highest BCUT2D eigenvalue weighted by molar-refractivity contribution is 7.18. The molecular weight excluding hydrogens is 362 g/mol. The van der Waals surface area contributed by atoms with Crippen molar-refractivity contribution in [3.63, 3.8) is 0 Å². The van der Waals surface area contributed by atoms with Gasteiger partial charge in [-0.1, -0.05) is 6.07 Å². The van der Waals surface area contributed by atoms with Gasteiger partial charge >= 0.3 is 0 Å². The maximum Gasteiger partial charge on any atom is 0.259 e. The van der Waals surface area contributed by atoms with Gasteiger partial charge in [0.2, 0.25) is 5.91 Å². The summed E-state index contributed by atoms with van der Waals surface area (Å²) in [5.41, 5.74) is 1.78. The number of nitrogens with zero attached hydrogens (tertiary/aromatic N) is 1. The van der Waals surface area contributed by atoms with Gasteiger partial charge in [0.25, 0.3) is 5.56 Å². The third kappa shape index (κ3) is 3.73. The Morgan fingerprint density at radius 3 is 3.04 bits per heavy atom. The van der Waals surface area contributed by atoms with Gasteiger partial charge in [0, 0.05) is 29.5 Å². The van der Waals surface area contributed by atoms with Crippen molar-refractivity contribution >= 4 is 33.1 Å². The molecule has 27 heavy (non-hydrogen) atoms. The minimum atomic E-state index is -0.128. The minimum Gasteiger partial charge on any atom is -0.497 e. The van der Waals surface area contributed by atoms with E-state index < -0.39 is 0 Å². The average Bonchev–Trinajstić information content (AvgIpc) is 3.05. The molecule has 140 valence electrons. The second-order valence-electron chi connectivity index (χ2n) is 6.68. The number of thiophene rings is 1. The molecule has 0 unspecified atom stereocenters. The number of rotatable bonds is 5. The molecule has 4 rings (SSSR count). The zero-order valence-corrected chi connectivity index (χ0v) is 15.9. The lowest BCUT2D eigenvalue weighted by Crippen LogP contribution is -2.16. The molecule has 0 spiro atoms. The number of aryl methyl sites for hydroxylation is 3. The van der Waals surface area contributed by atoms with E-state index in [-0.39, 0.29) is 17.9 Å². The molecule has 0 radical (unpaired) electrons. The van der Waals surface area contributed by atoms with Crippen molar-refractivity contribution in [2.75, 3.05) is 12.4 Å². The van der Waals surface area contributed by atoms with E-state index in [4.69, 9.17) is 4.74 Å². The summed E-state index contributed by atoms with van der Waals surface area (Å²) in [7, 11) is 1.58. The standard InChI is InChI=1S/C20H21N3O3S/c1-26-13-6-4-5-12(11-13)21-17(24)10-9-16-22-19(25)18-14-7-2-3-8-15(14)27-20(18)23-16/h4-6,11H,2-3,7-10H2,1H3,(H,21,24)(H,22,23,25). The topological polar surface area (TPSA) is 84.1 Å². The Labute approximate surface area is 160 Å². The Morgan fingerprint density at radius 1 is 1.33 bits per heavy atom. The van der Waals surface area contributed by atoms with E-state index in [9.17, 15) is 9.59 Å². The van der Waals surface area contributed by atoms with E-state index >= 15 is 0 Å². The van der Waals surface area contributed by atoms with E-state index in [1.165, 1.54) is 16.9 Å². The van der Waals surface area contributed by atoms with Crippen LogP contribution in [0.25, 0.3) is 10.2 Å². The molecule has 0 bridgehead atoms. The number of hydrogen-bond acceptors (Lipinski definition) is 5. The first-order valence-electron chi connectivity index (χ1n) is 9.11. The van der Waals surface area contributed by atoms with Crippen LogP contribution in [0.2, 0.25) is 0 Å². The maximum atomic E-state index is 12.5. The smallest absolute Gasteiger partial charge is 0.259 e.